The predicted octanol–water partition coefficient (Wildman–Crippen LogP) is 0.100. The summed E-state index contributed by atoms with van der Waals surface area (Å²) in [6.07, 6.45) is 5.02. The first-order valence-electron chi connectivity index (χ1n) is 6.94. The van der Waals surface area contributed by atoms with Crippen molar-refractivity contribution < 1.29 is 18.3 Å². The number of piperidine rings is 1. The first-order chi connectivity index (χ1) is 9.89. The van der Waals surface area contributed by atoms with Crippen molar-refractivity contribution in [1.29, 1.82) is 0 Å². The third-order valence-corrected chi connectivity index (χ3v) is 5.48. The van der Waals surface area contributed by atoms with Gasteiger partial charge in [0.1, 0.15) is 0 Å². The number of sulfonamides is 1. The average molecular weight is 315 g/mol. The summed E-state index contributed by atoms with van der Waals surface area (Å²) < 4.78 is 28.3. The van der Waals surface area contributed by atoms with Gasteiger partial charge in [-0.15, -0.1) is 0 Å². The molecule has 2 N–H and O–H groups in total. The molecular formula is C13H21N3O4S. The van der Waals surface area contributed by atoms with Crippen LogP contribution in [0.15, 0.2) is 23.4 Å². The second kappa shape index (κ2) is 6.59. The van der Waals surface area contributed by atoms with E-state index in [0.717, 1.165) is 12.8 Å². The van der Waals surface area contributed by atoms with Gasteiger partial charge in [0, 0.05) is 32.5 Å². The molecule has 0 bridgehead atoms. The summed E-state index contributed by atoms with van der Waals surface area (Å²) >= 11 is 0. The molecule has 21 heavy (non-hydrogen) atoms. The van der Waals surface area contributed by atoms with Crippen LogP contribution >= 0.6 is 0 Å². The van der Waals surface area contributed by atoms with Crippen molar-refractivity contribution in [2.75, 3.05) is 26.2 Å². The average Bonchev–Trinajstić information content (AvgIpc) is 2.86. The summed E-state index contributed by atoms with van der Waals surface area (Å²) in [6.45, 7) is 1.38. The van der Waals surface area contributed by atoms with E-state index in [1.165, 1.54) is 4.31 Å². The maximum atomic E-state index is 12.5. The highest BCUT2D eigenvalue weighted by molar-refractivity contribution is 7.89. The Kier molecular flexibility index (Phi) is 5.02. The molecular weight excluding hydrogens is 294 g/mol. The molecule has 118 valence electrons. The molecule has 1 aliphatic rings. The largest absolute Gasteiger partial charge is 0.480 e. The smallest absolute Gasteiger partial charge is 0.317 e. The lowest BCUT2D eigenvalue weighted by Gasteiger charge is -2.31. The second-order valence-electron chi connectivity index (χ2n) is 5.41. The number of aliphatic carboxylic acids is 1. The van der Waals surface area contributed by atoms with E-state index in [1.54, 1.807) is 30.1 Å². The van der Waals surface area contributed by atoms with Crippen molar-refractivity contribution in [2.45, 2.75) is 17.7 Å². The van der Waals surface area contributed by atoms with Gasteiger partial charge in [-0.3, -0.25) is 4.79 Å². The van der Waals surface area contributed by atoms with E-state index in [1.807, 2.05) is 0 Å². The Morgan fingerprint density at radius 3 is 2.90 bits per heavy atom. The van der Waals surface area contributed by atoms with Crippen molar-refractivity contribution in [3.8, 4) is 0 Å². The van der Waals surface area contributed by atoms with E-state index in [4.69, 9.17) is 5.11 Å². The number of nitrogens with one attached hydrogen (secondary N) is 1. The number of hydrogen-bond donors (Lipinski definition) is 2. The van der Waals surface area contributed by atoms with Crippen molar-refractivity contribution in [1.82, 2.24) is 14.2 Å². The van der Waals surface area contributed by atoms with Crippen LogP contribution < -0.4 is 5.32 Å². The van der Waals surface area contributed by atoms with E-state index >= 15 is 0 Å². The molecule has 1 aromatic rings. The van der Waals surface area contributed by atoms with Gasteiger partial charge in [-0.1, -0.05) is 0 Å². The van der Waals surface area contributed by atoms with Gasteiger partial charge in [0.15, 0.2) is 0 Å². The molecule has 1 aromatic heterocycles. The maximum absolute atomic E-state index is 12.5. The van der Waals surface area contributed by atoms with E-state index < -0.39 is 16.0 Å². The number of carboxylic acids is 1. The van der Waals surface area contributed by atoms with Gasteiger partial charge in [-0.05, 0) is 31.4 Å². The van der Waals surface area contributed by atoms with E-state index in [-0.39, 0.29) is 12.5 Å². The predicted molar refractivity (Wildman–Crippen MR) is 77.4 cm³/mol. The van der Waals surface area contributed by atoms with Crippen LogP contribution in [0.1, 0.15) is 12.8 Å². The maximum Gasteiger partial charge on any atom is 0.317 e. The molecule has 1 fully saturated rings. The minimum Gasteiger partial charge on any atom is -0.480 e. The van der Waals surface area contributed by atoms with Crippen molar-refractivity contribution in [2.24, 2.45) is 13.0 Å². The van der Waals surface area contributed by atoms with Crippen LogP contribution in [-0.4, -0.2) is 54.5 Å². The number of rotatable bonds is 6. The van der Waals surface area contributed by atoms with Gasteiger partial charge in [0.25, 0.3) is 0 Å². The first-order valence-corrected chi connectivity index (χ1v) is 8.38. The number of nitrogens with zero attached hydrogens (tertiary/aromatic N) is 2. The third kappa shape index (κ3) is 4.05. The lowest BCUT2D eigenvalue weighted by Crippen LogP contribution is -2.43. The number of carboxylic acid groups (broad SMARTS) is 1. The minimum absolute atomic E-state index is 0.0953. The van der Waals surface area contributed by atoms with Crippen molar-refractivity contribution in [3.63, 3.8) is 0 Å². The van der Waals surface area contributed by atoms with E-state index in [9.17, 15) is 13.2 Å². The SMILES string of the molecule is Cn1ccc(S(=O)(=O)N2CCCC(CNCC(=O)O)C2)c1. The highest BCUT2D eigenvalue weighted by atomic mass is 32.2. The molecule has 1 aliphatic heterocycles. The molecule has 0 aliphatic carbocycles. The molecule has 2 rings (SSSR count). The van der Waals surface area contributed by atoms with Gasteiger partial charge < -0.3 is 15.0 Å². The monoisotopic (exact) mass is 315 g/mol. The fourth-order valence-electron chi connectivity index (χ4n) is 2.57. The summed E-state index contributed by atoms with van der Waals surface area (Å²) in [5.74, 6) is -0.754. The van der Waals surface area contributed by atoms with Gasteiger partial charge in [0.05, 0.1) is 11.4 Å². The fraction of sp³-hybridized carbons (Fsp3) is 0.615. The zero-order valence-electron chi connectivity index (χ0n) is 12.0. The van der Waals surface area contributed by atoms with Crippen LogP contribution in [0.25, 0.3) is 0 Å². The Morgan fingerprint density at radius 1 is 1.52 bits per heavy atom. The van der Waals surface area contributed by atoms with Crippen LogP contribution in [0.4, 0.5) is 0 Å². The summed E-state index contributed by atoms with van der Waals surface area (Å²) in [5.41, 5.74) is 0. The number of aryl methyl sites for hydroxylation is 1. The molecule has 8 heteroatoms. The fourth-order valence-corrected chi connectivity index (χ4v) is 4.18. The molecule has 2 heterocycles. The summed E-state index contributed by atoms with van der Waals surface area (Å²) in [6, 6.07) is 1.60. The molecule has 1 saturated heterocycles. The first kappa shape index (κ1) is 16.0. The Balaban J connectivity index is 1.98. The molecule has 1 atom stereocenters. The standard InChI is InChI=1S/C13H21N3O4S/c1-15-6-4-12(10-15)21(19,20)16-5-2-3-11(9-16)7-14-8-13(17)18/h4,6,10-11,14H,2-3,5,7-9H2,1H3,(H,17,18). The highest BCUT2D eigenvalue weighted by Crippen LogP contribution is 2.23. The number of carbonyl (C=O) groups is 1. The zero-order valence-corrected chi connectivity index (χ0v) is 12.8. The van der Waals surface area contributed by atoms with Crippen LogP contribution in [-0.2, 0) is 21.9 Å². The van der Waals surface area contributed by atoms with Crippen LogP contribution in [0.5, 0.6) is 0 Å². The topological polar surface area (TPSA) is 91.6 Å². The minimum atomic E-state index is -3.45. The van der Waals surface area contributed by atoms with Crippen molar-refractivity contribution >= 4 is 16.0 Å². The van der Waals surface area contributed by atoms with Crippen LogP contribution in [0.3, 0.4) is 0 Å². The molecule has 0 saturated carbocycles. The third-order valence-electron chi connectivity index (χ3n) is 3.63. The van der Waals surface area contributed by atoms with E-state index in [2.05, 4.69) is 5.32 Å². The summed E-state index contributed by atoms with van der Waals surface area (Å²) in [7, 11) is -1.66. The number of aromatic nitrogens is 1. The highest BCUT2D eigenvalue weighted by Gasteiger charge is 2.30. The quantitative estimate of drug-likeness (QED) is 0.777. The van der Waals surface area contributed by atoms with Gasteiger partial charge in [0.2, 0.25) is 10.0 Å². The van der Waals surface area contributed by atoms with Gasteiger partial charge >= 0.3 is 5.97 Å². The van der Waals surface area contributed by atoms with E-state index in [0.29, 0.717) is 24.5 Å². The Morgan fingerprint density at radius 2 is 2.29 bits per heavy atom. The Bertz CT molecular complexity index is 596. The molecule has 7 nitrogen and oxygen atoms in total. The molecule has 1 unspecified atom stereocenters. The molecule has 0 aromatic carbocycles. The number of hydrogen-bond acceptors (Lipinski definition) is 4. The van der Waals surface area contributed by atoms with Gasteiger partial charge in [-0.2, -0.15) is 4.31 Å². The molecule has 0 amide bonds. The Labute approximate surface area is 124 Å². The lowest BCUT2D eigenvalue weighted by molar-refractivity contribution is -0.136. The zero-order chi connectivity index (χ0) is 15.5. The second-order valence-corrected chi connectivity index (χ2v) is 7.35. The summed E-state index contributed by atoms with van der Waals surface area (Å²) in [5, 5.41) is 11.4. The van der Waals surface area contributed by atoms with Crippen molar-refractivity contribution in [3.05, 3.63) is 18.5 Å². The Hall–Kier alpha value is -1.38. The normalized spacial score (nSPS) is 20.5. The van der Waals surface area contributed by atoms with Crippen LogP contribution in [0.2, 0.25) is 0 Å². The van der Waals surface area contributed by atoms with Gasteiger partial charge in [-0.25, -0.2) is 8.42 Å². The summed E-state index contributed by atoms with van der Waals surface area (Å²) in [4.78, 5) is 10.8. The molecule has 0 spiro atoms. The van der Waals surface area contributed by atoms with Crippen LogP contribution in [0, 0.1) is 5.92 Å². The lowest BCUT2D eigenvalue weighted by atomic mass is 10.00. The molecule has 0 radical (unpaired) electrons.